The van der Waals surface area contributed by atoms with E-state index in [0.29, 0.717) is 17.9 Å². The van der Waals surface area contributed by atoms with E-state index >= 15 is 0 Å². The van der Waals surface area contributed by atoms with E-state index in [1.807, 2.05) is 42.5 Å². The van der Waals surface area contributed by atoms with Crippen molar-refractivity contribution in [3.8, 4) is 5.75 Å². The first kappa shape index (κ1) is 18.5. The Hall–Kier alpha value is -3.25. The number of ether oxygens (including phenoxy) is 1. The SMILES string of the molecule is C=CCN1C(=O)C(=Cc2ccccc2OCc2ccccc2)C(=O)NC1=S. The number of amides is 2. The quantitative estimate of drug-likeness (QED) is 0.363. The van der Waals surface area contributed by atoms with Gasteiger partial charge in [0, 0.05) is 12.1 Å². The molecule has 2 aromatic rings. The number of rotatable bonds is 6. The number of carbonyl (C=O) groups is 2. The topological polar surface area (TPSA) is 58.6 Å². The van der Waals surface area contributed by atoms with E-state index in [0.717, 1.165) is 5.56 Å². The lowest BCUT2D eigenvalue weighted by Gasteiger charge is -2.27. The fourth-order valence-corrected chi connectivity index (χ4v) is 2.86. The molecular formula is C21H18N2O3S. The van der Waals surface area contributed by atoms with Gasteiger partial charge in [0.05, 0.1) is 0 Å². The maximum atomic E-state index is 12.7. The van der Waals surface area contributed by atoms with Crippen LogP contribution in [0.25, 0.3) is 6.08 Å². The zero-order chi connectivity index (χ0) is 19.2. The first-order chi connectivity index (χ1) is 13.1. The normalized spacial score (nSPS) is 15.6. The predicted molar refractivity (Wildman–Crippen MR) is 108 cm³/mol. The summed E-state index contributed by atoms with van der Waals surface area (Å²) in [6, 6.07) is 17.0. The molecule has 2 aromatic carbocycles. The van der Waals surface area contributed by atoms with E-state index in [1.54, 1.807) is 18.2 Å². The highest BCUT2D eigenvalue weighted by Gasteiger charge is 2.32. The average Bonchev–Trinajstić information content (AvgIpc) is 2.68. The molecule has 0 aromatic heterocycles. The number of benzene rings is 2. The van der Waals surface area contributed by atoms with Crippen LogP contribution in [0.15, 0.2) is 72.8 Å². The van der Waals surface area contributed by atoms with Crippen LogP contribution < -0.4 is 10.1 Å². The third kappa shape index (κ3) is 4.30. The molecule has 0 spiro atoms. The van der Waals surface area contributed by atoms with Gasteiger partial charge in [-0.2, -0.15) is 0 Å². The maximum Gasteiger partial charge on any atom is 0.265 e. The Morgan fingerprint density at radius 2 is 1.78 bits per heavy atom. The monoisotopic (exact) mass is 378 g/mol. The molecule has 1 aliphatic heterocycles. The summed E-state index contributed by atoms with van der Waals surface area (Å²) in [4.78, 5) is 26.2. The van der Waals surface area contributed by atoms with Crippen LogP contribution >= 0.6 is 12.2 Å². The third-order valence-electron chi connectivity index (χ3n) is 3.95. The maximum absolute atomic E-state index is 12.7. The van der Waals surface area contributed by atoms with Gasteiger partial charge in [-0.1, -0.05) is 54.6 Å². The van der Waals surface area contributed by atoms with Gasteiger partial charge >= 0.3 is 0 Å². The van der Waals surface area contributed by atoms with Gasteiger partial charge in [-0.15, -0.1) is 6.58 Å². The van der Waals surface area contributed by atoms with E-state index in [2.05, 4.69) is 11.9 Å². The summed E-state index contributed by atoms with van der Waals surface area (Å²) in [5.41, 5.74) is 1.66. The van der Waals surface area contributed by atoms with E-state index in [-0.39, 0.29) is 17.2 Å². The number of para-hydroxylation sites is 1. The average molecular weight is 378 g/mol. The molecule has 1 heterocycles. The van der Waals surface area contributed by atoms with Crippen molar-refractivity contribution in [3.63, 3.8) is 0 Å². The molecule has 0 saturated carbocycles. The summed E-state index contributed by atoms with van der Waals surface area (Å²) in [6.07, 6.45) is 3.08. The highest BCUT2D eigenvalue weighted by atomic mass is 32.1. The fourth-order valence-electron chi connectivity index (χ4n) is 2.61. The van der Waals surface area contributed by atoms with Crippen LogP contribution in [0.4, 0.5) is 0 Å². The number of thiocarbonyl (C=S) groups is 1. The Morgan fingerprint density at radius 3 is 2.52 bits per heavy atom. The molecule has 1 aliphatic rings. The predicted octanol–water partition coefficient (Wildman–Crippen LogP) is 3.08. The van der Waals surface area contributed by atoms with Crippen LogP contribution in [0, 0.1) is 0 Å². The minimum atomic E-state index is -0.525. The molecule has 1 N–H and O–H groups in total. The van der Waals surface area contributed by atoms with E-state index < -0.39 is 11.8 Å². The molecule has 0 radical (unpaired) electrons. The van der Waals surface area contributed by atoms with Gasteiger partial charge in [0.25, 0.3) is 11.8 Å². The first-order valence-electron chi connectivity index (χ1n) is 8.35. The summed E-state index contributed by atoms with van der Waals surface area (Å²) in [6.45, 7) is 4.22. The number of hydrogen-bond acceptors (Lipinski definition) is 4. The first-order valence-corrected chi connectivity index (χ1v) is 8.76. The number of carbonyl (C=O) groups excluding carboxylic acids is 2. The van der Waals surface area contributed by atoms with Gasteiger partial charge in [0.2, 0.25) is 0 Å². The molecule has 2 amide bonds. The molecule has 0 aliphatic carbocycles. The Morgan fingerprint density at radius 1 is 1.07 bits per heavy atom. The van der Waals surface area contributed by atoms with Gasteiger partial charge in [-0.05, 0) is 29.9 Å². The van der Waals surface area contributed by atoms with Gasteiger partial charge in [0.15, 0.2) is 5.11 Å². The van der Waals surface area contributed by atoms with Crippen LogP contribution in [0.1, 0.15) is 11.1 Å². The lowest BCUT2D eigenvalue weighted by molar-refractivity contribution is -0.128. The molecule has 1 fully saturated rings. The second-order valence-electron chi connectivity index (χ2n) is 5.83. The molecule has 6 heteroatoms. The number of hydrogen-bond donors (Lipinski definition) is 1. The second-order valence-corrected chi connectivity index (χ2v) is 6.22. The minimum absolute atomic E-state index is 0.00112. The summed E-state index contributed by atoms with van der Waals surface area (Å²) in [5, 5.41) is 2.61. The zero-order valence-electron chi connectivity index (χ0n) is 14.6. The van der Waals surface area contributed by atoms with Crippen LogP contribution in [-0.4, -0.2) is 28.4 Å². The molecule has 3 rings (SSSR count). The van der Waals surface area contributed by atoms with E-state index in [4.69, 9.17) is 17.0 Å². The minimum Gasteiger partial charge on any atom is -0.488 e. The Balaban J connectivity index is 1.87. The van der Waals surface area contributed by atoms with Crippen molar-refractivity contribution in [2.45, 2.75) is 6.61 Å². The number of nitrogens with zero attached hydrogens (tertiary/aromatic N) is 1. The van der Waals surface area contributed by atoms with Crippen molar-refractivity contribution < 1.29 is 14.3 Å². The van der Waals surface area contributed by atoms with Gasteiger partial charge in [0.1, 0.15) is 17.9 Å². The van der Waals surface area contributed by atoms with Crippen LogP contribution in [0.2, 0.25) is 0 Å². The van der Waals surface area contributed by atoms with Crippen LogP contribution in [0.5, 0.6) is 5.75 Å². The van der Waals surface area contributed by atoms with E-state index in [1.165, 1.54) is 11.0 Å². The smallest absolute Gasteiger partial charge is 0.265 e. The van der Waals surface area contributed by atoms with Crippen LogP contribution in [0.3, 0.4) is 0 Å². The second kappa shape index (κ2) is 8.42. The number of nitrogens with one attached hydrogen (secondary N) is 1. The summed E-state index contributed by atoms with van der Waals surface area (Å²) in [5.74, 6) is -0.400. The summed E-state index contributed by atoms with van der Waals surface area (Å²) in [7, 11) is 0. The van der Waals surface area contributed by atoms with Crippen molar-refractivity contribution in [2.24, 2.45) is 0 Å². The standard InChI is InChI=1S/C21H18N2O3S/c1-2-12-23-20(25)17(19(24)22-21(23)27)13-16-10-6-7-11-18(16)26-14-15-8-4-3-5-9-15/h2-11,13H,1,12,14H2,(H,22,24,27). The van der Waals surface area contributed by atoms with E-state index in [9.17, 15) is 9.59 Å². The summed E-state index contributed by atoms with van der Waals surface area (Å²) < 4.78 is 5.89. The van der Waals surface area contributed by atoms with Gasteiger partial charge in [-0.25, -0.2) is 0 Å². The lowest BCUT2D eigenvalue weighted by atomic mass is 10.1. The molecule has 136 valence electrons. The lowest BCUT2D eigenvalue weighted by Crippen LogP contribution is -2.53. The molecule has 0 unspecified atom stereocenters. The highest BCUT2D eigenvalue weighted by molar-refractivity contribution is 7.80. The van der Waals surface area contributed by atoms with Crippen LogP contribution in [-0.2, 0) is 16.2 Å². The zero-order valence-corrected chi connectivity index (χ0v) is 15.4. The van der Waals surface area contributed by atoms with Crippen molar-refractivity contribution in [1.29, 1.82) is 0 Å². The molecular weight excluding hydrogens is 360 g/mol. The third-order valence-corrected chi connectivity index (χ3v) is 4.28. The Labute approximate surface area is 162 Å². The van der Waals surface area contributed by atoms with Gasteiger partial charge < -0.3 is 4.74 Å². The summed E-state index contributed by atoms with van der Waals surface area (Å²) >= 11 is 5.06. The van der Waals surface area contributed by atoms with Crippen molar-refractivity contribution >= 4 is 35.2 Å². The van der Waals surface area contributed by atoms with Crippen molar-refractivity contribution in [3.05, 3.63) is 84.0 Å². The molecule has 0 bridgehead atoms. The highest BCUT2D eigenvalue weighted by Crippen LogP contribution is 2.24. The van der Waals surface area contributed by atoms with Gasteiger partial charge in [-0.3, -0.25) is 19.8 Å². The van der Waals surface area contributed by atoms with Crippen molar-refractivity contribution in [1.82, 2.24) is 10.2 Å². The largest absolute Gasteiger partial charge is 0.488 e. The molecule has 5 nitrogen and oxygen atoms in total. The Kier molecular flexibility index (Phi) is 5.78. The Bertz CT molecular complexity index is 922. The van der Waals surface area contributed by atoms with Crippen molar-refractivity contribution in [2.75, 3.05) is 6.54 Å². The molecule has 1 saturated heterocycles. The molecule has 0 atom stereocenters. The fraction of sp³-hybridized carbons (Fsp3) is 0.0952. The molecule has 27 heavy (non-hydrogen) atoms.